The molecule has 10 heteroatoms. The molecule has 0 atom stereocenters. The second-order valence-electron chi connectivity index (χ2n) is 6.86. The molecule has 2 aromatic carbocycles. The number of rotatable bonds is 3. The van der Waals surface area contributed by atoms with E-state index in [2.05, 4.69) is 10.6 Å². The van der Waals surface area contributed by atoms with Gasteiger partial charge in [-0.2, -0.15) is 13.2 Å². The molecule has 0 aliphatic carbocycles. The monoisotopic (exact) mass is 422 g/mol. The number of hydrogen-bond acceptors (Lipinski definition) is 4. The van der Waals surface area contributed by atoms with Crippen LogP contribution in [0.1, 0.15) is 12.5 Å². The first kappa shape index (κ1) is 21.3. The molecule has 3 rings (SSSR count). The van der Waals surface area contributed by atoms with Crippen molar-refractivity contribution in [2.75, 3.05) is 41.7 Å². The Morgan fingerprint density at radius 2 is 1.70 bits per heavy atom. The van der Waals surface area contributed by atoms with E-state index >= 15 is 0 Å². The minimum Gasteiger partial charge on any atom is -0.508 e. The van der Waals surface area contributed by atoms with Crippen LogP contribution in [0.25, 0.3) is 0 Å². The molecule has 1 aliphatic rings. The van der Waals surface area contributed by atoms with Gasteiger partial charge in [0.15, 0.2) is 0 Å². The summed E-state index contributed by atoms with van der Waals surface area (Å²) in [6.45, 7) is 2.77. The fourth-order valence-electron chi connectivity index (χ4n) is 3.22. The number of piperazine rings is 1. The maximum absolute atomic E-state index is 13.4. The molecule has 3 N–H and O–H groups in total. The number of carbonyl (C=O) groups excluding carboxylic acids is 2. The lowest BCUT2D eigenvalue weighted by molar-refractivity contribution is -0.137. The fourth-order valence-corrected chi connectivity index (χ4v) is 3.22. The predicted octanol–water partition coefficient (Wildman–Crippen LogP) is 3.72. The van der Waals surface area contributed by atoms with Crippen LogP contribution in [-0.2, 0) is 11.0 Å². The van der Waals surface area contributed by atoms with Crippen molar-refractivity contribution in [1.82, 2.24) is 4.90 Å². The molecule has 0 aromatic heterocycles. The second-order valence-corrected chi connectivity index (χ2v) is 6.86. The molecule has 1 saturated heterocycles. The Kier molecular flexibility index (Phi) is 6.04. The fraction of sp³-hybridized carbons (Fsp3) is 0.300. The number of halogens is 3. The van der Waals surface area contributed by atoms with Gasteiger partial charge in [0.25, 0.3) is 0 Å². The smallest absolute Gasteiger partial charge is 0.418 e. The van der Waals surface area contributed by atoms with Crippen LogP contribution < -0.4 is 15.5 Å². The maximum Gasteiger partial charge on any atom is 0.418 e. The van der Waals surface area contributed by atoms with Crippen LogP contribution in [-0.4, -0.2) is 48.1 Å². The second kappa shape index (κ2) is 8.52. The Labute approximate surface area is 171 Å². The summed E-state index contributed by atoms with van der Waals surface area (Å²) in [5.74, 6) is -0.362. The van der Waals surface area contributed by atoms with Crippen LogP contribution in [0.5, 0.6) is 5.75 Å². The quantitative estimate of drug-likeness (QED) is 0.704. The van der Waals surface area contributed by atoms with Crippen molar-refractivity contribution in [1.29, 1.82) is 0 Å². The Bertz CT molecular complexity index is 941. The SMILES string of the molecule is CC(=O)Nc1ccc(NC(=O)N2CCN(c3cccc(O)c3)CC2)c(C(F)(F)F)c1. The number of amides is 3. The normalized spacial score (nSPS) is 14.4. The van der Waals surface area contributed by atoms with Crippen LogP contribution >= 0.6 is 0 Å². The van der Waals surface area contributed by atoms with Crippen molar-refractivity contribution in [3.05, 3.63) is 48.0 Å². The van der Waals surface area contributed by atoms with Gasteiger partial charge in [-0.1, -0.05) is 6.07 Å². The van der Waals surface area contributed by atoms with E-state index in [1.165, 1.54) is 17.9 Å². The van der Waals surface area contributed by atoms with E-state index in [4.69, 9.17) is 0 Å². The van der Waals surface area contributed by atoms with Gasteiger partial charge in [-0.05, 0) is 30.3 Å². The lowest BCUT2D eigenvalue weighted by Crippen LogP contribution is -2.50. The van der Waals surface area contributed by atoms with Crippen LogP contribution in [0.3, 0.4) is 0 Å². The van der Waals surface area contributed by atoms with Gasteiger partial charge in [-0.15, -0.1) is 0 Å². The topological polar surface area (TPSA) is 84.9 Å². The molecule has 2 aromatic rings. The highest BCUT2D eigenvalue weighted by atomic mass is 19.4. The number of hydrogen-bond donors (Lipinski definition) is 3. The highest BCUT2D eigenvalue weighted by molar-refractivity contribution is 5.92. The average molecular weight is 422 g/mol. The van der Waals surface area contributed by atoms with E-state index in [9.17, 15) is 27.9 Å². The Morgan fingerprint density at radius 1 is 1.00 bits per heavy atom. The molecule has 7 nitrogen and oxygen atoms in total. The van der Waals surface area contributed by atoms with E-state index in [-0.39, 0.29) is 17.1 Å². The Hall–Kier alpha value is -3.43. The number of phenolic OH excluding ortho intramolecular Hbond substituents is 1. The third-order valence-corrected chi connectivity index (χ3v) is 4.65. The Balaban J connectivity index is 1.68. The highest BCUT2D eigenvalue weighted by Crippen LogP contribution is 2.36. The van der Waals surface area contributed by atoms with Crippen molar-refractivity contribution >= 4 is 29.0 Å². The number of nitrogens with zero attached hydrogens (tertiary/aromatic N) is 2. The number of alkyl halides is 3. The average Bonchev–Trinajstić information content (AvgIpc) is 2.68. The zero-order valence-corrected chi connectivity index (χ0v) is 16.2. The third kappa shape index (κ3) is 5.13. The standard InChI is InChI=1S/C20H21F3N4O3/c1-13(28)24-14-5-6-18(17(11-14)20(21,22)23)25-19(30)27-9-7-26(8-10-27)15-3-2-4-16(29)12-15/h2-6,11-12,29H,7-10H2,1H3,(H,24,28)(H,25,30). The zero-order valence-electron chi connectivity index (χ0n) is 16.2. The predicted molar refractivity (Wildman–Crippen MR) is 107 cm³/mol. The highest BCUT2D eigenvalue weighted by Gasteiger charge is 2.35. The van der Waals surface area contributed by atoms with Gasteiger partial charge in [-0.3, -0.25) is 4.79 Å². The number of aromatic hydroxyl groups is 1. The van der Waals surface area contributed by atoms with E-state index in [1.807, 2.05) is 11.0 Å². The molecular formula is C20H21F3N4O3. The first-order valence-corrected chi connectivity index (χ1v) is 9.22. The van der Waals surface area contributed by atoms with E-state index in [1.54, 1.807) is 18.2 Å². The number of nitrogens with one attached hydrogen (secondary N) is 2. The van der Waals surface area contributed by atoms with Crippen molar-refractivity contribution < 1.29 is 27.9 Å². The number of carbonyl (C=O) groups is 2. The first-order valence-electron chi connectivity index (χ1n) is 9.22. The van der Waals surface area contributed by atoms with Crippen LogP contribution in [0.2, 0.25) is 0 Å². The van der Waals surface area contributed by atoms with Gasteiger partial charge in [0.2, 0.25) is 5.91 Å². The van der Waals surface area contributed by atoms with E-state index in [0.29, 0.717) is 26.2 Å². The van der Waals surface area contributed by atoms with Gasteiger partial charge >= 0.3 is 12.2 Å². The molecule has 1 aliphatic heterocycles. The zero-order chi connectivity index (χ0) is 21.9. The van der Waals surface area contributed by atoms with Crippen molar-refractivity contribution in [3.8, 4) is 5.75 Å². The van der Waals surface area contributed by atoms with E-state index < -0.39 is 23.7 Å². The molecule has 0 spiro atoms. The summed E-state index contributed by atoms with van der Waals surface area (Å²) in [4.78, 5) is 27.0. The largest absolute Gasteiger partial charge is 0.508 e. The molecule has 3 amide bonds. The van der Waals surface area contributed by atoms with Gasteiger partial charge in [-0.25, -0.2) is 4.79 Å². The van der Waals surface area contributed by atoms with Gasteiger partial charge < -0.3 is 25.5 Å². The number of anilines is 3. The first-order chi connectivity index (χ1) is 14.1. The van der Waals surface area contributed by atoms with Gasteiger partial charge in [0.05, 0.1) is 11.3 Å². The summed E-state index contributed by atoms with van der Waals surface area (Å²) in [7, 11) is 0. The maximum atomic E-state index is 13.4. The summed E-state index contributed by atoms with van der Waals surface area (Å²) in [6, 6.07) is 9.29. The molecule has 1 fully saturated rings. The summed E-state index contributed by atoms with van der Waals surface area (Å²) < 4.78 is 40.3. The summed E-state index contributed by atoms with van der Waals surface area (Å²) in [5.41, 5.74) is -0.618. The minimum atomic E-state index is -4.70. The molecule has 1 heterocycles. The molecule has 0 bridgehead atoms. The van der Waals surface area contributed by atoms with Crippen LogP contribution in [0.15, 0.2) is 42.5 Å². The Morgan fingerprint density at radius 3 is 2.30 bits per heavy atom. The summed E-state index contributed by atoms with van der Waals surface area (Å²) in [6.07, 6.45) is -4.70. The van der Waals surface area contributed by atoms with Crippen LogP contribution in [0, 0.1) is 0 Å². The number of urea groups is 1. The van der Waals surface area contributed by atoms with Crippen molar-refractivity contribution in [3.63, 3.8) is 0 Å². The molecular weight excluding hydrogens is 401 g/mol. The summed E-state index contributed by atoms with van der Waals surface area (Å²) in [5, 5.41) is 14.2. The van der Waals surface area contributed by atoms with Gasteiger partial charge in [0, 0.05) is 50.5 Å². The molecule has 0 unspecified atom stereocenters. The van der Waals surface area contributed by atoms with Crippen LogP contribution in [0.4, 0.5) is 35.0 Å². The minimum absolute atomic E-state index is 0.00690. The lowest BCUT2D eigenvalue weighted by atomic mass is 10.1. The molecule has 0 saturated carbocycles. The number of benzene rings is 2. The van der Waals surface area contributed by atoms with Crippen molar-refractivity contribution in [2.45, 2.75) is 13.1 Å². The lowest BCUT2D eigenvalue weighted by Gasteiger charge is -2.36. The molecule has 160 valence electrons. The molecule has 30 heavy (non-hydrogen) atoms. The van der Waals surface area contributed by atoms with Crippen molar-refractivity contribution in [2.24, 2.45) is 0 Å². The third-order valence-electron chi connectivity index (χ3n) is 4.65. The summed E-state index contributed by atoms with van der Waals surface area (Å²) >= 11 is 0. The van der Waals surface area contributed by atoms with Gasteiger partial charge in [0.1, 0.15) is 5.75 Å². The number of phenols is 1. The van der Waals surface area contributed by atoms with E-state index in [0.717, 1.165) is 17.8 Å². The molecule has 0 radical (unpaired) electrons.